The molecule has 0 unspecified atom stereocenters. The van der Waals surface area contributed by atoms with Crippen molar-refractivity contribution in [3.05, 3.63) is 83.4 Å². The molecule has 2 aromatic carbocycles. The van der Waals surface area contributed by atoms with Crippen LogP contribution in [0.25, 0.3) is 0 Å². The van der Waals surface area contributed by atoms with Gasteiger partial charge >= 0.3 is 5.97 Å². The van der Waals surface area contributed by atoms with E-state index in [2.05, 4.69) is 16.9 Å². The van der Waals surface area contributed by atoms with E-state index >= 15 is 0 Å². The number of benzene rings is 2. The molecule has 0 saturated carbocycles. The third-order valence-corrected chi connectivity index (χ3v) is 5.06. The number of aromatic nitrogens is 1. The highest BCUT2D eigenvalue weighted by Crippen LogP contribution is 2.23. The van der Waals surface area contributed by atoms with Crippen LogP contribution in [0.15, 0.2) is 67.3 Å². The molecule has 0 spiro atoms. The van der Waals surface area contributed by atoms with Crippen LogP contribution in [0, 0.1) is 6.92 Å². The molecule has 0 fully saturated rings. The summed E-state index contributed by atoms with van der Waals surface area (Å²) in [6, 6.07) is 16.9. The molecule has 3 aromatic rings. The lowest BCUT2D eigenvalue weighted by Gasteiger charge is -2.08. The average Bonchev–Trinajstić information content (AvgIpc) is 3.16. The van der Waals surface area contributed by atoms with Gasteiger partial charge < -0.3 is 14.2 Å². The van der Waals surface area contributed by atoms with E-state index in [0.717, 1.165) is 16.9 Å². The number of nitrogens with zero attached hydrogens (tertiary/aromatic N) is 1. The Morgan fingerprint density at radius 3 is 2.42 bits per heavy atom. The third kappa shape index (κ3) is 6.68. The molecular weight excluding hydrogens is 416 g/mol. The van der Waals surface area contributed by atoms with Crippen molar-refractivity contribution in [1.29, 1.82) is 0 Å². The number of nitrogens with one attached hydrogen (secondary N) is 1. The number of amides is 1. The number of hydrogen-bond acceptors (Lipinski definition) is 7. The first-order chi connectivity index (χ1) is 15.0. The Labute approximate surface area is 184 Å². The molecule has 0 bridgehead atoms. The summed E-state index contributed by atoms with van der Waals surface area (Å²) in [6.07, 6.45) is 1.48. The quantitative estimate of drug-likeness (QED) is 0.373. The number of ether oxygens (including phenoxy) is 3. The highest BCUT2D eigenvalue weighted by molar-refractivity contribution is 7.17. The summed E-state index contributed by atoms with van der Waals surface area (Å²) in [6.45, 7) is 5.56. The lowest BCUT2D eigenvalue weighted by molar-refractivity contribution is -0.118. The third-order valence-electron chi connectivity index (χ3n) is 4.00. The first kappa shape index (κ1) is 22.0. The average molecular weight is 439 g/mol. The van der Waals surface area contributed by atoms with Gasteiger partial charge in [0.25, 0.3) is 5.91 Å². The number of hydrogen-bond donors (Lipinski definition) is 1. The summed E-state index contributed by atoms with van der Waals surface area (Å²) in [4.78, 5) is 28.6. The van der Waals surface area contributed by atoms with Crippen molar-refractivity contribution in [3.63, 3.8) is 0 Å². The maximum atomic E-state index is 12.2. The molecule has 0 aliphatic heterocycles. The van der Waals surface area contributed by atoms with Gasteiger partial charge in [0.2, 0.25) is 0 Å². The van der Waals surface area contributed by atoms with Gasteiger partial charge in [-0.3, -0.25) is 10.1 Å². The highest BCUT2D eigenvalue weighted by atomic mass is 32.1. The van der Waals surface area contributed by atoms with Crippen LogP contribution in [-0.2, 0) is 16.1 Å². The van der Waals surface area contributed by atoms with Gasteiger partial charge in [0, 0.05) is 0 Å². The number of esters is 1. The molecule has 0 radical (unpaired) electrons. The van der Waals surface area contributed by atoms with Crippen LogP contribution in [0.4, 0.5) is 5.13 Å². The minimum absolute atomic E-state index is 0.113. The van der Waals surface area contributed by atoms with Crippen LogP contribution in [0.3, 0.4) is 0 Å². The Morgan fingerprint density at radius 1 is 1.06 bits per heavy atom. The van der Waals surface area contributed by atoms with Crippen LogP contribution in [0.5, 0.6) is 11.5 Å². The number of anilines is 1. The van der Waals surface area contributed by atoms with Crippen molar-refractivity contribution in [2.45, 2.75) is 13.5 Å². The molecule has 8 heteroatoms. The zero-order valence-electron chi connectivity index (χ0n) is 17.0. The van der Waals surface area contributed by atoms with Crippen molar-refractivity contribution in [2.24, 2.45) is 0 Å². The SMILES string of the molecule is C=CCOC(=O)c1sc(NC(=O)COc2ccc(OCc3ccccc3)cc2)nc1C. The fourth-order valence-electron chi connectivity index (χ4n) is 2.52. The van der Waals surface area contributed by atoms with E-state index in [1.54, 1.807) is 31.2 Å². The van der Waals surface area contributed by atoms with E-state index in [-0.39, 0.29) is 19.1 Å². The predicted molar refractivity (Wildman–Crippen MR) is 119 cm³/mol. The van der Waals surface area contributed by atoms with Gasteiger partial charge in [0.05, 0.1) is 5.69 Å². The largest absolute Gasteiger partial charge is 0.489 e. The molecule has 1 N–H and O–H groups in total. The molecule has 3 rings (SSSR count). The topological polar surface area (TPSA) is 86.8 Å². The van der Waals surface area contributed by atoms with E-state index in [4.69, 9.17) is 14.2 Å². The number of carbonyl (C=O) groups excluding carboxylic acids is 2. The highest BCUT2D eigenvalue weighted by Gasteiger charge is 2.17. The van der Waals surface area contributed by atoms with E-state index < -0.39 is 5.97 Å². The molecule has 0 saturated heterocycles. The van der Waals surface area contributed by atoms with Gasteiger partial charge in [-0.15, -0.1) is 0 Å². The van der Waals surface area contributed by atoms with Crippen LogP contribution in [0.1, 0.15) is 20.9 Å². The van der Waals surface area contributed by atoms with E-state index in [1.807, 2.05) is 30.3 Å². The number of rotatable bonds is 10. The van der Waals surface area contributed by atoms with E-state index in [9.17, 15) is 9.59 Å². The number of aryl methyl sites for hydroxylation is 1. The van der Waals surface area contributed by atoms with Gasteiger partial charge in [-0.05, 0) is 36.8 Å². The molecule has 31 heavy (non-hydrogen) atoms. The molecule has 7 nitrogen and oxygen atoms in total. The zero-order chi connectivity index (χ0) is 22.1. The molecule has 1 heterocycles. The lowest BCUT2D eigenvalue weighted by Crippen LogP contribution is -2.20. The lowest BCUT2D eigenvalue weighted by atomic mass is 10.2. The minimum Gasteiger partial charge on any atom is -0.489 e. The van der Waals surface area contributed by atoms with E-state index in [1.165, 1.54) is 6.08 Å². The van der Waals surface area contributed by atoms with Gasteiger partial charge in [0.15, 0.2) is 11.7 Å². The first-order valence-corrected chi connectivity index (χ1v) is 10.3. The van der Waals surface area contributed by atoms with Crippen LogP contribution >= 0.6 is 11.3 Å². The second kappa shape index (κ2) is 10.9. The fourth-order valence-corrected chi connectivity index (χ4v) is 3.39. The molecule has 160 valence electrons. The summed E-state index contributed by atoms with van der Waals surface area (Å²) in [7, 11) is 0. The van der Waals surface area contributed by atoms with Crippen LogP contribution in [-0.4, -0.2) is 30.1 Å². The van der Waals surface area contributed by atoms with Crippen molar-refractivity contribution >= 4 is 28.3 Å². The van der Waals surface area contributed by atoms with Crippen molar-refractivity contribution < 1.29 is 23.8 Å². The maximum Gasteiger partial charge on any atom is 0.350 e. The van der Waals surface area contributed by atoms with Gasteiger partial charge in [-0.2, -0.15) is 0 Å². The second-order valence-corrected chi connectivity index (χ2v) is 7.40. The molecule has 1 aromatic heterocycles. The van der Waals surface area contributed by atoms with Crippen molar-refractivity contribution in [2.75, 3.05) is 18.5 Å². The molecular formula is C23H22N2O5S. The monoisotopic (exact) mass is 438 g/mol. The molecule has 1 amide bonds. The van der Waals surface area contributed by atoms with Gasteiger partial charge in [-0.25, -0.2) is 9.78 Å². The van der Waals surface area contributed by atoms with E-state index in [0.29, 0.717) is 33.8 Å². The van der Waals surface area contributed by atoms with Crippen molar-refractivity contribution in [3.8, 4) is 11.5 Å². The summed E-state index contributed by atoms with van der Waals surface area (Å²) in [5.74, 6) is 0.353. The summed E-state index contributed by atoms with van der Waals surface area (Å²) in [5, 5.41) is 2.93. The Hall–Kier alpha value is -3.65. The zero-order valence-corrected chi connectivity index (χ0v) is 17.8. The summed E-state index contributed by atoms with van der Waals surface area (Å²) in [5.41, 5.74) is 1.57. The summed E-state index contributed by atoms with van der Waals surface area (Å²) < 4.78 is 16.2. The molecule has 0 atom stereocenters. The Bertz CT molecular complexity index is 1030. The smallest absolute Gasteiger partial charge is 0.350 e. The maximum absolute atomic E-state index is 12.2. The standard InChI is InChI=1S/C23H22N2O5S/c1-3-13-28-22(27)21-16(2)24-23(31-21)25-20(26)15-30-19-11-9-18(10-12-19)29-14-17-7-5-4-6-8-17/h3-12H,1,13-15H2,2H3,(H,24,25,26). The number of carbonyl (C=O) groups is 2. The summed E-state index contributed by atoms with van der Waals surface area (Å²) >= 11 is 1.05. The normalized spacial score (nSPS) is 10.2. The first-order valence-electron chi connectivity index (χ1n) is 9.50. The van der Waals surface area contributed by atoms with Gasteiger partial charge in [0.1, 0.15) is 29.6 Å². The Balaban J connectivity index is 1.46. The second-order valence-electron chi connectivity index (χ2n) is 6.40. The van der Waals surface area contributed by atoms with Crippen LogP contribution in [0.2, 0.25) is 0 Å². The van der Waals surface area contributed by atoms with Gasteiger partial charge in [-0.1, -0.05) is 54.3 Å². The van der Waals surface area contributed by atoms with Crippen molar-refractivity contribution in [1.82, 2.24) is 4.98 Å². The molecule has 0 aliphatic carbocycles. The fraction of sp³-hybridized carbons (Fsp3) is 0.174. The number of thiazole rings is 1. The molecule has 0 aliphatic rings. The Kier molecular flexibility index (Phi) is 7.78. The van der Waals surface area contributed by atoms with Crippen LogP contribution < -0.4 is 14.8 Å². The predicted octanol–water partition coefficient (Wildman–Crippen LogP) is 4.39. The minimum atomic E-state index is -0.499. The Morgan fingerprint density at radius 2 is 1.74 bits per heavy atom.